The molecule has 1 atom stereocenters. The first kappa shape index (κ1) is 12.2. The van der Waals surface area contributed by atoms with Gasteiger partial charge in [0.25, 0.3) is 0 Å². The first-order valence-electron chi connectivity index (χ1n) is 6.29. The molecule has 3 rings (SSSR count). The predicted octanol–water partition coefficient (Wildman–Crippen LogP) is 3.32. The first-order valence-corrected chi connectivity index (χ1v) is 7.17. The summed E-state index contributed by atoms with van der Waals surface area (Å²) in [4.78, 5) is 9.82. The van der Waals surface area contributed by atoms with Gasteiger partial charge >= 0.3 is 0 Å². The van der Waals surface area contributed by atoms with E-state index in [9.17, 15) is 0 Å². The molecule has 0 spiro atoms. The van der Waals surface area contributed by atoms with Crippen molar-refractivity contribution in [3.8, 4) is 0 Å². The van der Waals surface area contributed by atoms with Gasteiger partial charge in [-0.15, -0.1) is 11.3 Å². The number of hydrogen-bond donors (Lipinski definition) is 1. The molecular formula is C14H16N4S. The van der Waals surface area contributed by atoms with E-state index in [1.54, 1.807) is 23.7 Å². The summed E-state index contributed by atoms with van der Waals surface area (Å²) in [6.45, 7) is 4.41. The molecule has 3 heterocycles. The number of anilines is 1. The number of imidazole rings is 1. The standard InChI is InChI=1S/C14H16N4S/c1-9(2)13(12-4-3-7-19-12)18-11-5-6-16-8-10(11)17-14(18)15/h3-9,13H,1-2H3,(H2,15,17). The highest BCUT2D eigenvalue weighted by molar-refractivity contribution is 7.10. The van der Waals surface area contributed by atoms with Crippen LogP contribution in [0.3, 0.4) is 0 Å². The number of nitrogen functional groups attached to an aromatic ring is 1. The van der Waals surface area contributed by atoms with E-state index < -0.39 is 0 Å². The van der Waals surface area contributed by atoms with Gasteiger partial charge in [0.15, 0.2) is 0 Å². The van der Waals surface area contributed by atoms with Gasteiger partial charge in [0, 0.05) is 11.1 Å². The number of rotatable bonds is 3. The second kappa shape index (κ2) is 4.66. The third-order valence-corrected chi connectivity index (χ3v) is 4.21. The fourth-order valence-electron chi connectivity index (χ4n) is 2.48. The van der Waals surface area contributed by atoms with Crippen molar-refractivity contribution in [2.45, 2.75) is 19.9 Å². The van der Waals surface area contributed by atoms with E-state index in [1.165, 1.54) is 4.88 Å². The van der Waals surface area contributed by atoms with E-state index in [2.05, 4.69) is 45.9 Å². The number of pyridine rings is 1. The van der Waals surface area contributed by atoms with Crippen molar-refractivity contribution in [1.29, 1.82) is 0 Å². The zero-order valence-electron chi connectivity index (χ0n) is 10.9. The average Bonchev–Trinajstić information content (AvgIpc) is 2.99. The van der Waals surface area contributed by atoms with Crippen molar-refractivity contribution in [2.24, 2.45) is 5.92 Å². The molecule has 0 aliphatic heterocycles. The molecule has 3 aromatic rings. The van der Waals surface area contributed by atoms with Crippen LogP contribution in [-0.4, -0.2) is 14.5 Å². The molecule has 0 aromatic carbocycles. The number of fused-ring (bicyclic) bond motifs is 1. The second-order valence-corrected chi connectivity index (χ2v) is 5.89. The van der Waals surface area contributed by atoms with E-state index in [1.807, 2.05) is 6.07 Å². The summed E-state index contributed by atoms with van der Waals surface area (Å²) in [5.41, 5.74) is 8.02. The van der Waals surface area contributed by atoms with Crippen molar-refractivity contribution < 1.29 is 0 Å². The van der Waals surface area contributed by atoms with Crippen LogP contribution < -0.4 is 5.73 Å². The lowest BCUT2D eigenvalue weighted by Gasteiger charge is -2.23. The molecular weight excluding hydrogens is 256 g/mol. The lowest BCUT2D eigenvalue weighted by atomic mass is 10.0. The van der Waals surface area contributed by atoms with Crippen LogP contribution in [0, 0.1) is 5.92 Å². The maximum atomic E-state index is 6.13. The highest BCUT2D eigenvalue weighted by atomic mass is 32.1. The lowest BCUT2D eigenvalue weighted by Crippen LogP contribution is -2.17. The fraction of sp³-hybridized carbons (Fsp3) is 0.286. The van der Waals surface area contributed by atoms with Crippen LogP contribution in [0.15, 0.2) is 36.0 Å². The van der Waals surface area contributed by atoms with Gasteiger partial charge in [-0.25, -0.2) is 4.98 Å². The Bertz CT molecular complexity index is 685. The van der Waals surface area contributed by atoms with Gasteiger partial charge in [-0.1, -0.05) is 19.9 Å². The second-order valence-electron chi connectivity index (χ2n) is 4.91. The number of aromatic nitrogens is 3. The Kier molecular flexibility index (Phi) is 2.98. The molecule has 0 aliphatic carbocycles. The van der Waals surface area contributed by atoms with Crippen molar-refractivity contribution in [3.05, 3.63) is 40.8 Å². The zero-order valence-corrected chi connectivity index (χ0v) is 11.8. The van der Waals surface area contributed by atoms with Gasteiger partial charge in [0.05, 0.1) is 17.8 Å². The van der Waals surface area contributed by atoms with Crippen LogP contribution in [-0.2, 0) is 0 Å². The highest BCUT2D eigenvalue weighted by Crippen LogP contribution is 2.34. The van der Waals surface area contributed by atoms with Gasteiger partial charge < -0.3 is 10.3 Å². The summed E-state index contributed by atoms with van der Waals surface area (Å²) in [6.07, 6.45) is 3.54. The Balaban J connectivity index is 2.23. The molecule has 0 bridgehead atoms. The van der Waals surface area contributed by atoms with Crippen LogP contribution >= 0.6 is 11.3 Å². The molecule has 0 saturated heterocycles. The molecule has 19 heavy (non-hydrogen) atoms. The Morgan fingerprint density at radius 3 is 2.84 bits per heavy atom. The minimum atomic E-state index is 0.215. The minimum absolute atomic E-state index is 0.215. The normalized spacial score (nSPS) is 13.2. The molecule has 0 aliphatic rings. The molecule has 2 N–H and O–H groups in total. The lowest BCUT2D eigenvalue weighted by molar-refractivity contribution is 0.457. The van der Waals surface area contributed by atoms with Crippen LogP contribution in [0.1, 0.15) is 24.8 Å². The Morgan fingerprint density at radius 1 is 1.32 bits per heavy atom. The molecule has 1 unspecified atom stereocenters. The molecule has 0 amide bonds. The first-order chi connectivity index (χ1) is 9.18. The summed E-state index contributed by atoms with van der Waals surface area (Å²) in [6, 6.07) is 6.42. The van der Waals surface area contributed by atoms with Gasteiger partial charge in [-0.2, -0.15) is 0 Å². The molecule has 0 radical (unpaired) electrons. The molecule has 3 aromatic heterocycles. The summed E-state index contributed by atoms with van der Waals surface area (Å²) in [5, 5.41) is 2.10. The molecule has 4 nitrogen and oxygen atoms in total. The van der Waals surface area contributed by atoms with Crippen LogP contribution in [0.25, 0.3) is 11.0 Å². The van der Waals surface area contributed by atoms with E-state index in [0.29, 0.717) is 11.9 Å². The summed E-state index contributed by atoms with van der Waals surface area (Å²) >= 11 is 1.76. The maximum absolute atomic E-state index is 6.13. The number of hydrogen-bond acceptors (Lipinski definition) is 4. The van der Waals surface area contributed by atoms with Gasteiger partial charge in [0.2, 0.25) is 5.95 Å². The van der Waals surface area contributed by atoms with Crippen molar-refractivity contribution in [2.75, 3.05) is 5.73 Å². The van der Waals surface area contributed by atoms with Crippen LogP contribution in [0.2, 0.25) is 0 Å². The van der Waals surface area contributed by atoms with Crippen LogP contribution in [0.5, 0.6) is 0 Å². The Labute approximate surface area is 115 Å². The molecule has 0 fully saturated rings. The number of nitrogens with zero attached hydrogens (tertiary/aromatic N) is 3. The summed E-state index contributed by atoms with van der Waals surface area (Å²) in [7, 11) is 0. The van der Waals surface area contributed by atoms with Crippen LogP contribution in [0.4, 0.5) is 5.95 Å². The quantitative estimate of drug-likeness (QED) is 0.795. The SMILES string of the molecule is CC(C)C(c1cccs1)n1c(N)nc2cnccc21. The molecule has 98 valence electrons. The van der Waals surface area contributed by atoms with E-state index >= 15 is 0 Å². The van der Waals surface area contributed by atoms with Crippen molar-refractivity contribution in [3.63, 3.8) is 0 Å². The maximum Gasteiger partial charge on any atom is 0.201 e. The van der Waals surface area contributed by atoms with Gasteiger partial charge in [-0.3, -0.25) is 4.98 Å². The summed E-state index contributed by atoms with van der Waals surface area (Å²) < 4.78 is 2.12. The third kappa shape index (κ3) is 2.00. The topological polar surface area (TPSA) is 56.7 Å². The summed E-state index contributed by atoms with van der Waals surface area (Å²) in [5.74, 6) is 0.988. The predicted molar refractivity (Wildman–Crippen MR) is 79.2 cm³/mol. The monoisotopic (exact) mass is 272 g/mol. The Morgan fingerprint density at radius 2 is 2.16 bits per heavy atom. The van der Waals surface area contributed by atoms with Gasteiger partial charge in [-0.05, 0) is 23.4 Å². The van der Waals surface area contributed by atoms with E-state index in [0.717, 1.165) is 11.0 Å². The van der Waals surface area contributed by atoms with E-state index in [-0.39, 0.29) is 6.04 Å². The highest BCUT2D eigenvalue weighted by Gasteiger charge is 2.23. The number of thiophene rings is 1. The minimum Gasteiger partial charge on any atom is -0.369 e. The van der Waals surface area contributed by atoms with Crippen molar-refractivity contribution in [1.82, 2.24) is 14.5 Å². The third-order valence-electron chi connectivity index (χ3n) is 3.26. The molecule has 0 saturated carbocycles. The van der Waals surface area contributed by atoms with Crippen molar-refractivity contribution >= 4 is 28.3 Å². The zero-order chi connectivity index (χ0) is 13.4. The largest absolute Gasteiger partial charge is 0.369 e. The smallest absolute Gasteiger partial charge is 0.201 e. The van der Waals surface area contributed by atoms with Gasteiger partial charge in [0.1, 0.15) is 5.52 Å². The fourth-order valence-corrected chi connectivity index (χ4v) is 3.46. The molecule has 5 heteroatoms. The average molecular weight is 272 g/mol. The Hall–Kier alpha value is -1.88. The number of nitrogens with two attached hydrogens (primary N) is 1. The van der Waals surface area contributed by atoms with E-state index in [4.69, 9.17) is 5.73 Å².